The minimum Gasteiger partial charge on any atom is -0.492 e. The van der Waals surface area contributed by atoms with E-state index in [1.165, 1.54) is 138 Å². The third kappa shape index (κ3) is 15.9. The summed E-state index contributed by atoms with van der Waals surface area (Å²) in [5.41, 5.74) is 13.3. The number of pyridine rings is 6. The number of rotatable bonds is 20. The van der Waals surface area contributed by atoms with Gasteiger partial charge in [-0.25, -0.2) is 59.9 Å². The molecule has 0 spiro atoms. The summed E-state index contributed by atoms with van der Waals surface area (Å²) in [6.07, 6.45) is 11.6. The SMILES string of the molecule is CCOC(=O)c1c(-c2ccc[nH]c2=O)c2c3occc3c(F)cc2n1Cc1cc(N)ncc1F.NC(=O)c1ccc(F)c(Cn2c(C(=O)O)c(-c3ccc[nH]c3=O)c3c4c(c(F)cc32)CCO4)c1.NC(=O)c1cnc(F)c(Cn2c(C(=O)O)c(-c3ccc[nH]c3=O)c3c4occc4c(F)cc32)c1.O=C(O)c1c(-c2ccc[nH]c2=O)c2c3occc3c(F)cc2n1Cc1cc([N+](=O)[O-])ccc1F. The summed E-state index contributed by atoms with van der Waals surface area (Å²) in [4.78, 5) is 152. The number of anilines is 1. The lowest BCUT2D eigenvalue weighted by Crippen LogP contribution is -2.16. The number of aromatic carboxylic acids is 3. The summed E-state index contributed by atoms with van der Waals surface area (Å²) in [5.74, 6) is -12.3. The number of fused-ring (bicyclic) bond motifs is 12. The number of nitro groups is 1. The van der Waals surface area contributed by atoms with Gasteiger partial charge in [0.15, 0.2) is 0 Å². The number of halogens is 8. The number of benzene rings is 6. The number of nitrogens with two attached hydrogens (primary N) is 3. The van der Waals surface area contributed by atoms with Crippen molar-refractivity contribution < 1.29 is 107 Å². The first-order chi connectivity index (χ1) is 65.2. The summed E-state index contributed by atoms with van der Waals surface area (Å²) >= 11 is 0. The number of hydrogen-bond acceptors (Lipinski definition) is 20. The van der Waals surface area contributed by atoms with Gasteiger partial charge in [-0.3, -0.25) is 38.9 Å². The van der Waals surface area contributed by atoms with E-state index in [1.54, 1.807) is 13.0 Å². The van der Waals surface area contributed by atoms with Gasteiger partial charge in [-0.15, -0.1) is 0 Å². The van der Waals surface area contributed by atoms with Crippen molar-refractivity contribution in [3.63, 3.8) is 0 Å². The molecule has 13 N–H and O–H groups in total. The normalized spacial score (nSPS) is 11.7. The van der Waals surface area contributed by atoms with Gasteiger partial charge in [0, 0.05) is 105 Å². The molecule has 20 rings (SSSR count). The minimum absolute atomic E-state index is 0.00237. The van der Waals surface area contributed by atoms with Gasteiger partial charge in [0.25, 0.3) is 27.9 Å². The molecule has 684 valence electrons. The quantitative estimate of drug-likeness (QED) is 0.0111. The fourth-order valence-corrected chi connectivity index (χ4v) is 16.8. The number of aromatic nitrogens is 10. The summed E-state index contributed by atoms with van der Waals surface area (Å²) < 4.78 is 151. The molecule has 1 aliphatic rings. The average Bonchev–Trinajstić information content (AvgIpc) is 1.58. The van der Waals surface area contributed by atoms with Crippen LogP contribution in [0, 0.1) is 56.8 Å². The molecule has 136 heavy (non-hydrogen) atoms. The highest BCUT2D eigenvalue weighted by Crippen LogP contribution is 2.48. The van der Waals surface area contributed by atoms with Crippen molar-refractivity contribution in [2.75, 3.05) is 18.9 Å². The van der Waals surface area contributed by atoms with E-state index in [1.807, 2.05) is 0 Å². The molecule has 42 heteroatoms. The molecule has 1 aliphatic heterocycles. The molecule has 0 atom stereocenters. The average molecular weight is 1860 g/mol. The number of non-ortho nitro benzene ring substituents is 1. The molecule has 19 aromatic rings. The van der Waals surface area contributed by atoms with Crippen molar-refractivity contribution in [3.05, 3.63) is 355 Å². The predicted molar refractivity (Wildman–Crippen MR) is 473 cm³/mol. The van der Waals surface area contributed by atoms with E-state index in [0.29, 0.717) is 5.39 Å². The fourth-order valence-electron chi connectivity index (χ4n) is 16.8. The molecule has 0 radical (unpaired) electrons. The molecule has 13 aromatic heterocycles. The van der Waals surface area contributed by atoms with E-state index >= 15 is 4.39 Å². The Morgan fingerprint density at radius 2 is 0.838 bits per heavy atom. The van der Waals surface area contributed by atoms with Gasteiger partial charge >= 0.3 is 23.9 Å². The lowest BCUT2D eigenvalue weighted by Gasteiger charge is -2.12. The van der Waals surface area contributed by atoms with Gasteiger partial charge in [0.2, 0.25) is 17.8 Å². The maximum absolute atomic E-state index is 15.0. The number of nitrogens with zero attached hydrogens (tertiary/aromatic N) is 7. The van der Waals surface area contributed by atoms with Crippen LogP contribution < -0.4 is 44.2 Å². The second-order valence-electron chi connectivity index (χ2n) is 30.4. The van der Waals surface area contributed by atoms with Gasteiger partial charge in [-0.2, -0.15) is 4.39 Å². The first kappa shape index (κ1) is 89.4. The number of nitro benzene ring substituents is 1. The van der Waals surface area contributed by atoms with Crippen LogP contribution in [0.1, 0.15) is 97.4 Å². The topological polar surface area (TPSA) is 519 Å². The van der Waals surface area contributed by atoms with Crippen LogP contribution in [-0.4, -0.2) is 117 Å². The number of nitrogen functional groups attached to an aromatic ring is 1. The van der Waals surface area contributed by atoms with Crippen LogP contribution in [0.4, 0.5) is 46.6 Å². The number of H-pyrrole nitrogens is 4. The Hall–Kier alpha value is -18.5. The van der Waals surface area contributed by atoms with Crippen LogP contribution >= 0.6 is 0 Å². The van der Waals surface area contributed by atoms with Crippen LogP contribution in [0.25, 0.3) is 121 Å². The molecule has 14 heterocycles. The first-order valence-electron chi connectivity index (χ1n) is 40.3. The number of ether oxygens (including phenoxy) is 2. The van der Waals surface area contributed by atoms with Crippen molar-refractivity contribution in [2.24, 2.45) is 11.5 Å². The number of amides is 2. The van der Waals surface area contributed by atoms with Crippen molar-refractivity contribution in [1.29, 1.82) is 0 Å². The summed E-state index contributed by atoms with van der Waals surface area (Å²) in [6, 6.07) is 29.4. The maximum Gasteiger partial charge on any atom is 0.355 e. The van der Waals surface area contributed by atoms with Crippen LogP contribution in [0.3, 0.4) is 0 Å². The van der Waals surface area contributed by atoms with Crippen molar-refractivity contribution in [3.8, 4) is 50.3 Å². The van der Waals surface area contributed by atoms with E-state index in [4.69, 9.17) is 39.9 Å². The molecule has 34 nitrogen and oxygen atoms in total. The third-order valence-corrected chi connectivity index (χ3v) is 22.6. The highest BCUT2D eigenvalue weighted by Gasteiger charge is 2.37. The van der Waals surface area contributed by atoms with Crippen LogP contribution in [0.5, 0.6) is 5.75 Å². The standard InChI is InChI=1S/C24H18F2N4O4.C24H17F2N3O5.C23H14F2N4O5.C23H13F2N3O6/c1-2-33-24(32)21-19(14-4-3-6-28-23(14)31)20-17(9-15(25)13-5-7-34-22(13)20)30(21)11-12-8-18(27)29-10-16(12)26;25-15-4-3-11(22(27)30)8-12(15)10-29-17-9-16(26)13-5-7-34-21(13)19(17)18(20(29)24(32)33)14-2-1-6-28-23(14)31;24-14-7-15-17(19-12(14)3-5-34-19)16(13-2-1-4-27-22(13)31)18(23(32)33)29(15)9-11-6-10(21(26)30)8-28-20(11)25;24-15-4-3-12(28(32)33)8-11(15)10-27-17-9-16(25)13-5-7-34-21(13)19(17)18(20(27)23(30)31)14-2-1-6-26-22(14)29/h3-10H,2,11H2,1H3,(H2,27,29)(H,28,31);1-4,6,8-9H,5,7,10H2,(H2,27,30)(H,28,31)(H,32,33);1-8H,9H2,(H2,26,30)(H,27,31)(H,32,33);1-9H,10H2,(H,26,29)(H,30,31). The number of carboxylic acids is 3. The smallest absolute Gasteiger partial charge is 0.355 e. The first-order valence-corrected chi connectivity index (χ1v) is 40.3. The van der Waals surface area contributed by atoms with E-state index in [-0.39, 0.29) is 210 Å². The number of carbonyl (C=O) groups excluding carboxylic acids is 3. The number of nitrogens with one attached hydrogen (secondary N) is 4. The van der Waals surface area contributed by atoms with Gasteiger partial charge in [0.05, 0.1) is 157 Å². The number of aromatic amines is 4. The molecular formula is C94H62F8N14O20. The molecule has 2 amide bonds. The Kier molecular flexibility index (Phi) is 23.5. The Morgan fingerprint density at radius 3 is 1.26 bits per heavy atom. The highest BCUT2D eigenvalue weighted by atomic mass is 19.2. The van der Waals surface area contributed by atoms with E-state index in [2.05, 4.69) is 29.9 Å². The second kappa shape index (κ2) is 35.7. The zero-order valence-electron chi connectivity index (χ0n) is 69.6. The largest absolute Gasteiger partial charge is 0.492 e. The molecule has 0 saturated heterocycles. The van der Waals surface area contributed by atoms with Crippen molar-refractivity contribution in [1.82, 2.24) is 48.2 Å². The van der Waals surface area contributed by atoms with Crippen molar-refractivity contribution in [2.45, 2.75) is 39.5 Å². The molecule has 0 bridgehead atoms. The number of carboxylic acid groups (broad SMARTS) is 3. The Bertz CT molecular complexity index is 8310. The van der Waals surface area contributed by atoms with Gasteiger partial charge in [-0.1, -0.05) is 0 Å². The van der Waals surface area contributed by atoms with Crippen LogP contribution in [0.15, 0.2) is 228 Å². The van der Waals surface area contributed by atoms with Gasteiger partial charge in [-0.05, 0) is 134 Å². The number of primary amides is 2. The summed E-state index contributed by atoms with van der Waals surface area (Å²) in [5, 5.41) is 42.8. The predicted octanol–water partition coefficient (Wildman–Crippen LogP) is 15.2. The molecule has 0 aliphatic carbocycles. The molecule has 0 fully saturated rings. The van der Waals surface area contributed by atoms with Gasteiger partial charge < -0.3 is 93.5 Å². The number of hydrogen-bond donors (Lipinski definition) is 10. The number of furan rings is 3. The fraction of sp³-hybridized carbons (Fsp3) is 0.0851. The third-order valence-electron chi connectivity index (χ3n) is 22.6. The zero-order chi connectivity index (χ0) is 96.4. The Morgan fingerprint density at radius 1 is 0.456 bits per heavy atom. The minimum atomic E-state index is -1.47. The van der Waals surface area contributed by atoms with Crippen LogP contribution in [0.2, 0.25) is 0 Å². The maximum atomic E-state index is 15.0. The van der Waals surface area contributed by atoms with E-state index in [9.17, 15) is 104 Å². The molecular weight excluding hydrogens is 1800 g/mol. The molecule has 0 unspecified atom stereocenters. The molecule has 0 saturated carbocycles. The Balaban J connectivity index is 0.000000126. The van der Waals surface area contributed by atoms with Crippen molar-refractivity contribution >= 4 is 124 Å². The zero-order valence-corrected chi connectivity index (χ0v) is 69.6. The second-order valence-corrected chi connectivity index (χ2v) is 30.4. The molecule has 6 aromatic carbocycles. The number of carbonyl (C=O) groups is 6. The lowest BCUT2D eigenvalue weighted by molar-refractivity contribution is -0.385. The summed E-state index contributed by atoms with van der Waals surface area (Å²) in [6.45, 7) is 0.364. The Labute approximate surface area is 751 Å². The van der Waals surface area contributed by atoms with Gasteiger partial charge in [0.1, 0.15) is 91.8 Å². The van der Waals surface area contributed by atoms with E-state index < -0.39 is 140 Å². The van der Waals surface area contributed by atoms with Crippen LogP contribution in [-0.2, 0) is 37.3 Å². The summed E-state index contributed by atoms with van der Waals surface area (Å²) in [7, 11) is 0. The number of esters is 1. The van der Waals surface area contributed by atoms with E-state index in [0.717, 1.165) is 70.1 Å². The highest BCUT2D eigenvalue weighted by molar-refractivity contribution is 6.20. The monoisotopic (exact) mass is 1860 g/mol. The lowest BCUT2D eigenvalue weighted by atomic mass is 10.00.